The molecule has 2 aromatic heterocycles. The van der Waals surface area contributed by atoms with Crippen LogP contribution in [0.5, 0.6) is 0 Å². The normalized spacial score (nSPS) is 12.8. The highest BCUT2D eigenvalue weighted by Gasteiger charge is 2.21. The van der Waals surface area contributed by atoms with Crippen LogP contribution in [0.4, 0.5) is 0 Å². The molecule has 3 N–H and O–H groups in total. The third-order valence-electron chi connectivity index (χ3n) is 3.02. The van der Waals surface area contributed by atoms with Gasteiger partial charge in [0.25, 0.3) is 0 Å². The van der Waals surface area contributed by atoms with Gasteiger partial charge in [-0.05, 0) is 42.2 Å². The van der Waals surface area contributed by atoms with Crippen LogP contribution < -0.4 is 11.3 Å². The fraction of sp³-hybridized carbons (Fsp3) is 0.385. The van der Waals surface area contributed by atoms with Gasteiger partial charge in [0.15, 0.2) is 0 Å². The summed E-state index contributed by atoms with van der Waals surface area (Å²) in [7, 11) is 4.07. The molecular weight excluding hydrogens is 320 g/mol. The van der Waals surface area contributed by atoms with Crippen molar-refractivity contribution < 1.29 is 0 Å². The van der Waals surface area contributed by atoms with Crippen LogP contribution in [0.15, 0.2) is 35.1 Å². The highest BCUT2D eigenvalue weighted by atomic mass is 79.9. The lowest BCUT2D eigenvalue weighted by atomic mass is 10.1. The van der Waals surface area contributed by atoms with E-state index in [-0.39, 0.29) is 6.04 Å². The van der Waals surface area contributed by atoms with Gasteiger partial charge in [-0.2, -0.15) is 5.10 Å². The monoisotopic (exact) mass is 338 g/mol. The molecule has 0 bridgehead atoms. The molecule has 2 aromatic rings. The lowest BCUT2D eigenvalue weighted by Gasteiger charge is -2.19. The van der Waals surface area contributed by atoms with E-state index in [1.807, 2.05) is 37.0 Å². The van der Waals surface area contributed by atoms with Gasteiger partial charge in [-0.3, -0.25) is 15.5 Å². The highest BCUT2D eigenvalue weighted by molar-refractivity contribution is 9.10. The zero-order valence-corrected chi connectivity index (χ0v) is 13.2. The summed E-state index contributed by atoms with van der Waals surface area (Å²) >= 11 is 3.54. The van der Waals surface area contributed by atoms with Crippen LogP contribution in [0.1, 0.15) is 17.4 Å². The van der Waals surface area contributed by atoms with E-state index < -0.39 is 0 Å². The van der Waals surface area contributed by atoms with E-state index in [1.54, 1.807) is 12.4 Å². The number of hydrazine groups is 1. The molecule has 0 aliphatic rings. The molecular formula is C13H19BrN6. The minimum atomic E-state index is -0.199. The minimum absolute atomic E-state index is 0.199. The van der Waals surface area contributed by atoms with E-state index >= 15 is 0 Å². The highest BCUT2D eigenvalue weighted by Crippen LogP contribution is 2.26. The van der Waals surface area contributed by atoms with Gasteiger partial charge in [0.1, 0.15) is 6.04 Å². The first-order valence-corrected chi connectivity index (χ1v) is 7.15. The molecule has 0 saturated heterocycles. The van der Waals surface area contributed by atoms with Crippen molar-refractivity contribution in [1.29, 1.82) is 0 Å². The molecule has 0 aliphatic carbocycles. The molecule has 2 heterocycles. The topological polar surface area (TPSA) is 72.0 Å². The van der Waals surface area contributed by atoms with E-state index in [2.05, 4.69) is 36.3 Å². The second kappa shape index (κ2) is 6.94. The summed E-state index contributed by atoms with van der Waals surface area (Å²) in [5, 5.41) is 4.40. The average Bonchev–Trinajstić information content (AvgIpc) is 2.80. The second-order valence-electron chi connectivity index (χ2n) is 4.76. The maximum atomic E-state index is 5.73. The first-order valence-electron chi connectivity index (χ1n) is 6.36. The van der Waals surface area contributed by atoms with Crippen molar-refractivity contribution >= 4 is 15.9 Å². The Bertz CT molecular complexity index is 539. The van der Waals surface area contributed by atoms with E-state index in [9.17, 15) is 0 Å². The van der Waals surface area contributed by atoms with Gasteiger partial charge in [-0.15, -0.1) is 0 Å². The molecule has 0 aliphatic heterocycles. The van der Waals surface area contributed by atoms with E-state index in [0.717, 1.165) is 29.0 Å². The molecule has 0 spiro atoms. The van der Waals surface area contributed by atoms with E-state index in [0.29, 0.717) is 0 Å². The summed E-state index contributed by atoms with van der Waals surface area (Å²) in [6.07, 6.45) is 3.55. The van der Waals surface area contributed by atoms with Crippen molar-refractivity contribution in [3.8, 4) is 0 Å². The van der Waals surface area contributed by atoms with E-state index in [4.69, 9.17) is 5.84 Å². The number of pyridine rings is 1. The third-order valence-corrected chi connectivity index (χ3v) is 3.63. The predicted molar refractivity (Wildman–Crippen MR) is 81.9 cm³/mol. The van der Waals surface area contributed by atoms with Crippen molar-refractivity contribution in [1.82, 2.24) is 25.1 Å². The molecule has 1 unspecified atom stereocenters. The van der Waals surface area contributed by atoms with Crippen molar-refractivity contribution in [2.75, 3.05) is 20.6 Å². The van der Waals surface area contributed by atoms with Crippen LogP contribution >= 0.6 is 15.9 Å². The largest absolute Gasteiger partial charge is 0.308 e. The summed E-state index contributed by atoms with van der Waals surface area (Å²) in [5.41, 5.74) is 4.67. The van der Waals surface area contributed by atoms with Crippen LogP contribution in [-0.2, 0) is 6.54 Å². The quantitative estimate of drug-likeness (QED) is 0.610. The molecule has 6 nitrogen and oxygen atoms in total. The number of aromatic nitrogens is 3. The van der Waals surface area contributed by atoms with Crippen molar-refractivity contribution in [2.24, 2.45) is 5.84 Å². The van der Waals surface area contributed by atoms with Crippen LogP contribution in [-0.4, -0.2) is 40.3 Å². The Labute approximate surface area is 127 Å². The molecule has 108 valence electrons. The molecule has 0 amide bonds. The molecule has 0 saturated carbocycles. The lowest BCUT2D eigenvalue weighted by Crippen LogP contribution is -2.32. The van der Waals surface area contributed by atoms with Crippen molar-refractivity contribution in [3.05, 3.63) is 46.5 Å². The first kappa shape index (κ1) is 15.1. The first-order chi connectivity index (χ1) is 9.63. The number of nitrogens with two attached hydrogens (primary N) is 1. The second-order valence-corrected chi connectivity index (χ2v) is 5.61. The molecule has 1 atom stereocenters. The lowest BCUT2D eigenvalue weighted by molar-refractivity contribution is 0.365. The molecule has 20 heavy (non-hydrogen) atoms. The van der Waals surface area contributed by atoms with Gasteiger partial charge < -0.3 is 4.90 Å². The third kappa shape index (κ3) is 3.43. The number of hydrogen-bond acceptors (Lipinski definition) is 5. The summed E-state index contributed by atoms with van der Waals surface area (Å²) in [4.78, 5) is 6.48. The van der Waals surface area contributed by atoms with Crippen LogP contribution in [0.25, 0.3) is 0 Å². The SMILES string of the molecule is CN(C)CCn1ncc(Br)c1C(NN)c1ccccn1. The maximum absolute atomic E-state index is 5.73. The van der Waals surface area contributed by atoms with Gasteiger partial charge in [0.05, 0.1) is 28.6 Å². The molecule has 7 heteroatoms. The van der Waals surface area contributed by atoms with Crippen LogP contribution in [0, 0.1) is 0 Å². The fourth-order valence-corrected chi connectivity index (χ4v) is 2.51. The Hall–Kier alpha value is -1.28. The average molecular weight is 339 g/mol. The van der Waals surface area contributed by atoms with Crippen molar-refractivity contribution in [3.63, 3.8) is 0 Å². The van der Waals surface area contributed by atoms with Gasteiger partial charge in [-0.1, -0.05) is 6.07 Å². The number of halogens is 1. The van der Waals surface area contributed by atoms with Crippen molar-refractivity contribution in [2.45, 2.75) is 12.6 Å². The predicted octanol–water partition coefficient (Wildman–Crippen LogP) is 1.15. The maximum Gasteiger partial charge on any atom is 0.106 e. The van der Waals surface area contributed by atoms with Gasteiger partial charge in [-0.25, -0.2) is 5.43 Å². The van der Waals surface area contributed by atoms with Gasteiger partial charge in [0.2, 0.25) is 0 Å². The van der Waals surface area contributed by atoms with Gasteiger partial charge >= 0.3 is 0 Å². The summed E-state index contributed by atoms with van der Waals surface area (Å²) in [6.45, 7) is 1.69. The number of hydrogen-bond donors (Lipinski definition) is 2. The Morgan fingerprint density at radius 3 is 2.85 bits per heavy atom. The molecule has 2 rings (SSSR count). The summed E-state index contributed by atoms with van der Waals surface area (Å²) in [6, 6.07) is 5.58. The smallest absolute Gasteiger partial charge is 0.106 e. The minimum Gasteiger partial charge on any atom is -0.308 e. The fourth-order valence-electron chi connectivity index (χ4n) is 1.98. The Morgan fingerprint density at radius 1 is 1.45 bits per heavy atom. The molecule has 0 radical (unpaired) electrons. The Kier molecular flexibility index (Phi) is 5.24. The Balaban J connectivity index is 2.32. The number of rotatable bonds is 6. The number of likely N-dealkylation sites (N-methyl/N-ethyl adjacent to an activating group) is 1. The van der Waals surface area contributed by atoms with Crippen LogP contribution in [0.2, 0.25) is 0 Å². The standard InChI is InChI=1S/C13H19BrN6/c1-19(2)7-8-20-13(10(14)9-17-20)12(18-15)11-5-3-4-6-16-11/h3-6,9,12,18H,7-8,15H2,1-2H3. The summed E-state index contributed by atoms with van der Waals surface area (Å²) in [5.74, 6) is 5.73. The molecule has 0 aromatic carbocycles. The van der Waals surface area contributed by atoms with E-state index in [1.165, 1.54) is 0 Å². The van der Waals surface area contributed by atoms with Gasteiger partial charge in [0, 0.05) is 12.7 Å². The zero-order valence-electron chi connectivity index (χ0n) is 11.6. The zero-order chi connectivity index (χ0) is 14.5. The van der Waals surface area contributed by atoms with Crippen LogP contribution in [0.3, 0.4) is 0 Å². The summed E-state index contributed by atoms with van der Waals surface area (Å²) < 4.78 is 2.87. The number of nitrogens with zero attached hydrogens (tertiary/aromatic N) is 4. The molecule has 0 fully saturated rings. The Morgan fingerprint density at radius 2 is 2.25 bits per heavy atom. The number of nitrogens with one attached hydrogen (secondary N) is 1.